The Morgan fingerprint density at radius 3 is 2.33 bits per heavy atom. The highest BCUT2D eigenvalue weighted by Gasteiger charge is 2.23. The van der Waals surface area contributed by atoms with Crippen LogP contribution in [0.1, 0.15) is 62.5 Å². The third-order valence-corrected chi connectivity index (χ3v) is 8.77. The van der Waals surface area contributed by atoms with Gasteiger partial charge in [-0.15, -0.1) is 0 Å². The Morgan fingerprint density at radius 1 is 1.00 bits per heavy atom. The molecule has 1 aromatic heterocycles. The molecule has 1 aliphatic heterocycles. The smallest absolute Gasteiger partial charge is 0.337 e. The van der Waals surface area contributed by atoms with Crippen LogP contribution in [-0.2, 0) is 30.7 Å². The highest BCUT2D eigenvalue weighted by molar-refractivity contribution is 5.97. The fourth-order valence-corrected chi connectivity index (χ4v) is 6.16. The Balaban J connectivity index is 1.38. The van der Waals surface area contributed by atoms with Gasteiger partial charge in [0.15, 0.2) is 0 Å². The number of hydrogen-bond donors (Lipinski definition) is 3. The lowest BCUT2D eigenvalue weighted by molar-refractivity contribution is 0.0600. The van der Waals surface area contributed by atoms with Crippen molar-refractivity contribution in [1.82, 2.24) is 19.4 Å². The van der Waals surface area contributed by atoms with Crippen LogP contribution in [-0.4, -0.2) is 76.9 Å². The van der Waals surface area contributed by atoms with Crippen LogP contribution in [0.3, 0.4) is 0 Å². The van der Waals surface area contributed by atoms with Gasteiger partial charge in [0.1, 0.15) is 11.7 Å². The van der Waals surface area contributed by atoms with Crippen LogP contribution in [0.4, 0.5) is 0 Å². The average Bonchev–Trinajstić information content (AvgIpc) is 3.63. The second-order valence-electron chi connectivity index (χ2n) is 11.8. The molecule has 0 radical (unpaired) electrons. The minimum Gasteiger partial charge on any atom is -0.465 e. The maximum Gasteiger partial charge on any atom is 0.337 e. The standard InChI is InChI=1S/C35H43N7O3/c1-40-19-3-4-29(40)17-20-42-31-15-14-28(22-30(31)39-32(42)16-9-24-5-10-26(11-6-24)33(37)38)34(43)41(21-18-36)23-25-7-12-27(13-8-25)35(44)45-2/h5-8,10-15,22,29H,3-4,9,16-21,23,36H2,1-2H3,(H3,37,38). The number of esters is 1. The van der Waals surface area contributed by atoms with Crippen LogP contribution in [0.2, 0.25) is 0 Å². The molecule has 1 aliphatic rings. The number of benzene rings is 3. The molecule has 0 spiro atoms. The van der Waals surface area contributed by atoms with E-state index in [1.807, 2.05) is 54.6 Å². The fourth-order valence-electron chi connectivity index (χ4n) is 6.16. The van der Waals surface area contributed by atoms with Crippen LogP contribution >= 0.6 is 0 Å². The number of amides is 1. The lowest BCUT2D eigenvalue weighted by Gasteiger charge is -2.22. The number of nitrogen functional groups attached to an aromatic ring is 1. The van der Waals surface area contributed by atoms with E-state index in [1.165, 1.54) is 20.0 Å². The summed E-state index contributed by atoms with van der Waals surface area (Å²) in [6.45, 7) is 3.09. The number of hydrogen-bond acceptors (Lipinski definition) is 7. The van der Waals surface area contributed by atoms with Gasteiger partial charge in [-0.05, 0) is 80.7 Å². The van der Waals surface area contributed by atoms with Gasteiger partial charge in [0.25, 0.3) is 5.91 Å². The van der Waals surface area contributed by atoms with Crippen molar-refractivity contribution in [3.8, 4) is 0 Å². The van der Waals surface area contributed by atoms with Crippen LogP contribution in [0.15, 0.2) is 66.7 Å². The molecule has 5 N–H and O–H groups in total. The number of nitrogens with zero attached hydrogens (tertiary/aromatic N) is 4. The monoisotopic (exact) mass is 609 g/mol. The summed E-state index contributed by atoms with van der Waals surface area (Å²) in [6, 6.07) is 21.2. The van der Waals surface area contributed by atoms with Crippen LogP contribution in [0, 0.1) is 5.41 Å². The third kappa shape index (κ3) is 7.58. The zero-order chi connectivity index (χ0) is 31.9. The maximum atomic E-state index is 13.8. The van der Waals surface area contributed by atoms with E-state index in [-0.39, 0.29) is 11.7 Å². The normalized spacial score (nSPS) is 15.0. The molecule has 1 saturated heterocycles. The fraction of sp³-hybridized carbons (Fsp3) is 0.371. The van der Waals surface area contributed by atoms with Crippen LogP contribution in [0.5, 0.6) is 0 Å². The molecule has 3 aromatic carbocycles. The van der Waals surface area contributed by atoms with Gasteiger partial charge >= 0.3 is 5.97 Å². The molecule has 0 bridgehead atoms. The number of ether oxygens (including phenoxy) is 1. The highest BCUT2D eigenvalue weighted by Crippen LogP contribution is 2.24. The Labute approximate surface area is 264 Å². The Hall–Kier alpha value is -4.54. The number of methoxy groups -OCH3 is 1. The number of amidine groups is 1. The van der Waals surface area contributed by atoms with Crippen molar-refractivity contribution in [2.75, 3.05) is 33.8 Å². The predicted octanol–water partition coefficient (Wildman–Crippen LogP) is 3.98. The lowest BCUT2D eigenvalue weighted by Crippen LogP contribution is -2.34. The number of nitrogens with two attached hydrogens (primary N) is 2. The highest BCUT2D eigenvalue weighted by atomic mass is 16.5. The lowest BCUT2D eigenvalue weighted by atomic mass is 10.1. The summed E-state index contributed by atoms with van der Waals surface area (Å²) in [4.78, 5) is 34.8. The number of fused-ring (bicyclic) bond motifs is 1. The minimum atomic E-state index is -0.398. The van der Waals surface area contributed by atoms with Gasteiger partial charge in [0.05, 0.1) is 23.7 Å². The summed E-state index contributed by atoms with van der Waals surface area (Å²) < 4.78 is 7.11. The minimum absolute atomic E-state index is 0.0621. The molecule has 1 unspecified atom stereocenters. The quantitative estimate of drug-likeness (QED) is 0.118. The number of aryl methyl sites for hydroxylation is 3. The number of nitrogens with one attached hydrogen (secondary N) is 1. The molecule has 10 nitrogen and oxygen atoms in total. The Bertz CT molecular complexity index is 1650. The molecule has 45 heavy (non-hydrogen) atoms. The van der Waals surface area contributed by atoms with Crippen molar-refractivity contribution in [1.29, 1.82) is 5.41 Å². The van der Waals surface area contributed by atoms with E-state index in [0.29, 0.717) is 42.4 Å². The SMILES string of the molecule is COC(=O)c1ccc(CN(CCN)C(=O)c2ccc3c(c2)nc(CCc2ccc(C(=N)N)cc2)n3CCC2CCCN2C)cc1. The van der Waals surface area contributed by atoms with Crippen LogP contribution < -0.4 is 11.5 Å². The van der Waals surface area contributed by atoms with Gasteiger partial charge in [-0.3, -0.25) is 10.2 Å². The Morgan fingerprint density at radius 2 is 1.69 bits per heavy atom. The number of aromatic nitrogens is 2. The van der Waals surface area contributed by atoms with Crippen molar-refractivity contribution in [2.45, 2.75) is 51.2 Å². The second-order valence-corrected chi connectivity index (χ2v) is 11.8. The van der Waals surface area contributed by atoms with Gasteiger partial charge in [-0.2, -0.15) is 0 Å². The first-order valence-electron chi connectivity index (χ1n) is 15.6. The van der Waals surface area contributed by atoms with Gasteiger partial charge < -0.3 is 30.6 Å². The van der Waals surface area contributed by atoms with E-state index < -0.39 is 5.97 Å². The molecule has 236 valence electrons. The van der Waals surface area contributed by atoms with Crippen molar-refractivity contribution in [3.63, 3.8) is 0 Å². The predicted molar refractivity (Wildman–Crippen MR) is 176 cm³/mol. The summed E-state index contributed by atoms with van der Waals surface area (Å²) in [6.07, 6.45) is 5.04. The molecule has 10 heteroatoms. The number of rotatable bonds is 13. The van der Waals surface area contributed by atoms with E-state index in [4.69, 9.17) is 26.6 Å². The van der Waals surface area contributed by atoms with Gasteiger partial charge in [-0.1, -0.05) is 36.4 Å². The van der Waals surface area contributed by atoms with E-state index in [0.717, 1.165) is 60.3 Å². The first kappa shape index (κ1) is 31.9. The summed E-state index contributed by atoms with van der Waals surface area (Å²) in [5.74, 6) is 0.542. The first-order valence-corrected chi connectivity index (χ1v) is 15.6. The molecule has 0 aliphatic carbocycles. The molecule has 0 saturated carbocycles. The molecular weight excluding hydrogens is 566 g/mol. The van der Waals surface area contributed by atoms with Gasteiger partial charge in [-0.25, -0.2) is 9.78 Å². The molecule has 1 atom stereocenters. The molecule has 2 heterocycles. The van der Waals surface area contributed by atoms with Crippen LogP contribution in [0.25, 0.3) is 11.0 Å². The summed E-state index contributed by atoms with van der Waals surface area (Å²) in [5.41, 5.74) is 17.2. The second kappa shape index (κ2) is 14.5. The van der Waals surface area contributed by atoms with Crippen molar-refractivity contribution >= 4 is 28.7 Å². The van der Waals surface area contributed by atoms with E-state index in [9.17, 15) is 9.59 Å². The van der Waals surface area contributed by atoms with Crippen molar-refractivity contribution < 1.29 is 14.3 Å². The van der Waals surface area contributed by atoms with Crippen molar-refractivity contribution in [2.24, 2.45) is 11.5 Å². The van der Waals surface area contributed by atoms with E-state index in [1.54, 1.807) is 17.0 Å². The topological polar surface area (TPSA) is 144 Å². The Kier molecular flexibility index (Phi) is 10.3. The van der Waals surface area contributed by atoms with E-state index >= 15 is 0 Å². The van der Waals surface area contributed by atoms with E-state index in [2.05, 4.69) is 16.5 Å². The molecule has 1 fully saturated rings. The first-order chi connectivity index (χ1) is 21.8. The number of carbonyl (C=O) groups is 2. The number of carbonyl (C=O) groups excluding carboxylic acids is 2. The molecule has 4 aromatic rings. The molecule has 1 amide bonds. The zero-order valence-corrected chi connectivity index (χ0v) is 26.2. The average molecular weight is 610 g/mol. The number of likely N-dealkylation sites (tertiary alicyclic amines) is 1. The van der Waals surface area contributed by atoms with Gasteiger partial charge in [0.2, 0.25) is 0 Å². The third-order valence-electron chi connectivity index (χ3n) is 8.77. The summed E-state index contributed by atoms with van der Waals surface area (Å²) in [5, 5.41) is 7.66. The summed E-state index contributed by atoms with van der Waals surface area (Å²) in [7, 11) is 3.55. The van der Waals surface area contributed by atoms with Gasteiger partial charge in [0, 0.05) is 49.8 Å². The largest absolute Gasteiger partial charge is 0.465 e. The maximum absolute atomic E-state index is 13.8. The molecular formula is C35H43N7O3. The van der Waals surface area contributed by atoms with Crippen molar-refractivity contribution in [3.05, 3.63) is 100 Å². The summed E-state index contributed by atoms with van der Waals surface area (Å²) >= 11 is 0. The molecule has 5 rings (SSSR count). The number of imidazole rings is 1. The zero-order valence-electron chi connectivity index (χ0n) is 26.2.